The summed E-state index contributed by atoms with van der Waals surface area (Å²) in [4.78, 5) is 0. The van der Waals surface area contributed by atoms with Gasteiger partial charge in [-0.2, -0.15) is 0 Å². The molecule has 4 saturated carbocycles. The maximum atomic E-state index is 10.4. The lowest BCUT2D eigenvalue weighted by Crippen LogP contribution is -2.43. The van der Waals surface area contributed by atoms with Gasteiger partial charge < -0.3 is 20.4 Å². The summed E-state index contributed by atoms with van der Waals surface area (Å²) in [5, 5.41) is 40.1. The quantitative estimate of drug-likeness (QED) is 0.282. The summed E-state index contributed by atoms with van der Waals surface area (Å²) >= 11 is 0. The van der Waals surface area contributed by atoms with E-state index in [9.17, 15) is 20.4 Å². The van der Waals surface area contributed by atoms with Crippen molar-refractivity contribution in [1.29, 1.82) is 0 Å². The predicted molar refractivity (Wildman–Crippen MR) is 157 cm³/mol. The van der Waals surface area contributed by atoms with E-state index in [1.54, 1.807) is 0 Å². The van der Waals surface area contributed by atoms with E-state index in [0.29, 0.717) is 35.2 Å². The van der Waals surface area contributed by atoms with E-state index in [2.05, 4.69) is 26.0 Å². The molecule has 6 aliphatic carbocycles. The molecule has 0 aromatic heterocycles. The summed E-state index contributed by atoms with van der Waals surface area (Å²) in [6, 6.07) is 11.9. The first-order valence-electron chi connectivity index (χ1n) is 16.2. The first-order valence-corrected chi connectivity index (χ1v) is 16.2. The van der Waals surface area contributed by atoms with Gasteiger partial charge >= 0.3 is 0 Å². The van der Waals surface area contributed by atoms with Crippen LogP contribution in [-0.2, 0) is 12.8 Å². The van der Waals surface area contributed by atoms with Crippen LogP contribution >= 0.6 is 0 Å². The number of phenolic OH excluding ortho intramolecular Hbond substituents is 2. The SMILES string of the molecule is C[C@]12CC[C@@H]3c4ccc(O)cc4CC[C@H]3[C@@H]1CC[C@@H]2O.C[C@]12CC[C@@H]3c4ccc(O)cc4CC[C@H]3[C@@H]1CC[C@@H]2O. The molecule has 4 fully saturated rings. The predicted octanol–water partition coefficient (Wildman–Crippen LogP) is 7.22. The lowest BCUT2D eigenvalue weighted by atomic mass is 9.55. The first-order chi connectivity index (χ1) is 19.2. The molecule has 40 heavy (non-hydrogen) atoms. The average Bonchev–Trinajstić information content (AvgIpc) is 3.43. The number of aryl methyl sites for hydroxylation is 2. The summed E-state index contributed by atoms with van der Waals surface area (Å²) in [6.45, 7) is 4.63. The highest BCUT2D eigenvalue weighted by Crippen LogP contribution is 2.62. The minimum absolute atomic E-state index is 0.0883. The average molecular weight is 545 g/mol. The number of benzene rings is 2. The molecule has 2 aromatic carbocycles. The van der Waals surface area contributed by atoms with Crippen LogP contribution in [0.5, 0.6) is 11.5 Å². The van der Waals surface area contributed by atoms with Crippen LogP contribution in [0.25, 0.3) is 0 Å². The first kappa shape index (κ1) is 26.8. The third-order valence-corrected chi connectivity index (χ3v) is 13.3. The minimum atomic E-state index is -0.0883. The van der Waals surface area contributed by atoms with E-state index >= 15 is 0 Å². The number of aromatic hydroxyl groups is 2. The molecule has 4 heteroatoms. The van der Waals surface area contributed by atoms with Crippen molar-refractivity contribution in [2.24, 2.45) is 34.5 Å². The van der Waals surface area contributed by atoms with Crippen LogP contribution in [0.1, 0.15) is 112 Å². The van der Waals surface area contributed by atoms with Crippen molar-refractivity contribution in [2.45, 2.75) is 115 Å². The molecule has 4 N–H and O–H groups in total. The molecule has 10 atom stereocenters. The van der Waals surface area contributed by atoms with E-state index in [4.69, 9.17) is 0 Å². The van der Waals surface area contributed by atoms with Crippen molar-refractivity contribution in [2.75, 3.05) is 0 Å². The van der Waals surface area contributed by atoms with Gasteiger partial charge in [-0.25, -0.2) is 0 Å². The van der Waals surface area contributed by atoms with Crippen LogP contribution < -0.4 is 0 Å². The number of aliphatic hydroxyl groups is 2. The molecular formula is C36H48O4. The lowest BCUT2D eigenvalue weighted by molar-refractivity contribution is -0.0226. The number of aliphatic hydroxyl groups excluding tert-OH is 2. The molecule has 6 aliphatic rings. The number of hydrogen-bond acceptors (Lipinski definition) is 4. The Labute approximate surface area is 239 Å². The Morgan fingerprint density at radius 2 is 1.00 bits per heavy atom. The Morgan fingerprint density at radius 3 is 1.43 bits per heavy atom. The third kappa shape index (κ3) is 4.07. The van der Waals surface area contributed by atoms with E-state index < -0.39 is 0 Å². The summed E-state index contributed by atoms with van der Waals surface area (Å²) in [5.74, 6) is 4.98. The molecule has 0 saturated heterocycles. The smallest absolute Gasteiger partial charge is 0.115 e. The van der Waals surface area contributed by atoms with E-state index in [1.165, 1.54) is 60.8 Å². The highest BCUT2D eigenvalue weighted by Gasteiger charge is 2.55. The summed E-state index contributed by atoms with van der Waals surface area (Å²) in [6.07, 6.45) is 13.6. The van der Waals surface area contributed by atoms with Crippen LogP contribution in [0, 0.1) is 34.5 Å². The Balaban J connectivity index is 0.000000132. The second kappa shape index (κ2) is 9.76. The molecule has 4 nitrogen and oxygen atoms in total. The monoisotopic (exact) mass is 544 g/mol. The Morgan fingerprint density at radius 1 is 0.575 bits per heavy atom. The molecule has 8 rings (SSSR count). The lowest BCUT2D eigenvalue weighted by Gasteiger charge is -2.50. The largest absolute Gasteiger partial charge is 0.508 e. The van der Waals surface area contributed by atoms with Gasteiger partial charge in [0.05, 0.1) is 12.2 Å². The van der Waals surface area contributed by atoms with Crippen LogP contribution in [-0.4, -0.2) is 32.6 Å². The van der Waals surface area contributed by atoms with Crippen LogP contribution in [0.3, 0.4) is 0 Å². The van der Waals surface area contributed by atoms with Gasteiger partial charge in [-0.05, 0) is 170 Å². The third-order valence-electron chi connectivity index (χ3n) is 13.3. The number of rotatable bonds is 0. The van der Waals surface area contributed by atoms with Crippen molar-refractivity contribution in [3.63, 3.8) is 0 Å². The Hall–Kier alpha value is -2.04. The van der Waals surface area contributed by atoms with Crippen molar-refractivity contribution in [3.8, 4) is 11.5 Å². The van der Waals surface area contributed by atoms with Crippen molar-refractivity contribution >= 4 is 0 Å². The fraction of sp³-hybridized carbons (Fsp3) is 0.667. The van der Waals surface area contributed by atoms with Gasteiger partial charge in [0.1, 0.15) is 11.5 Å². The van der Waals surface area contributed by atoms with Gasteiger partial charge in [-0.3, -0.25) is 0 Å². The fourth-order valence-electron chi connectivity index (χ4n) is 11.1. The fourth-order valence-corrected chi connectivity index (χ4v) is 11.1. The highest BCUT2D eigenvalue weighted by atomic mass is 16.3. The van der Waals surface area contributed by atoms with E-state index in [-0.39, 0.29) is 23.0 Å². The van der Waals surface area contributed by atoms with Gasteiger partial charge in [-0.1, -0.05) is 26.0 Å². The molecule has 0 bridgehead atoms. The summed E-state index contributed by atoms with van der Waals surface area (Å²) in [5.41, 5.74) is 5.98. The molecule has 0 spiro atoms. The minimum Gasteiger partial charge on any atom is -0.508 e. The molecule has 0 heterocycles. The van der Waals surface area contributed by atoms with E-state index in [1.807, 2.05) is 24.3 Å². The van der Waals surface area contributed by atoms with Crippen LogP contribution in [0.2, 0.25) is 0 Å². The van der Waals surface area contributed by atoms with Crippen molar-refractivity contribution in [3.05, 3.63) is 58.7 Å². The molecule has 0 amide bonds. The second-order valence-corrected chi connectivity index (χ2v) is 14.9. The van der Waals surface area contributed by atoms with Gasteiger partial charge in [0.15, 0.2) is 0 Å². The van der Waals surface area contributed by atoms with E-state index in [0.717, 1.165) is 50.4 Å². The second-order valence-electron chi connectivity index (χ2n) is 14.9. The number of hydrogen-bond donors (Lipinski definition) is 4. The Bertz CT molecular complexity index is 1170. The summed E-state index contributed by atoms with van der Waals surface area (Å²) in [7, 11) is 0. The number of phenols is 2. The Kier molecular flexibility index (Phi) is 6.55. The normalized spacial score (nSPS) is 42.7. The highest BCUT2D eigenvalue weighted by molar-refractivity contribution is 5.41. The van der Waals surface area contributed by atoms with Gasteiger partial charge in [0.2, 0.25) is 0 Å². The molecular weight excluding hydrogens is 496 g/mol. The van der Waals surface area contributed by atoms with Gasteiger partial charge in [0, 0.05) is 0 Å². The summed E-state index contributed by atoms with van der Waals surface area (Å²) < 4.78 is 0. The maximum Gasteiger partial charge on any atom is 0.115 e. The zero-order valence-electron chi connectivity index (χ0n) is 24.4. The zero-order valence-corrected chi connectivity index (χ0v) is 24.4. The van der Waals surface area contributed by atoms with Crippen molar-refractivity contribution < 1.29 is 20.4 Å². The molecule has 2 aromatic rings. The van der Waals surface area contributed by atoms with Gasteiger partial charge in [-0.15, -0.1) is 0 Å². The number of fused-ring (bicyclic) bond motifs is 10. The van der Waals surface area contributed by atoms with Gasteiger partial charge in [0.25, 0.3) is 0 Å². The molecule has 0 unspecified atom stereocenters. The maximum absolute atomic E-state index is 10.4. The standard InChI is InChI=1S/2C18H24O2/c2*1-18-9-8-14-13-5-3-12(19)10-11(13)2-4-15(14)16(18)6-7-17(18)20/h2*3,5,10,14-17,19-20H,2,4,6-9H2,1H3/t2*14-,15-,16+,17+,18+/m11/s1. The van der Waals surface area contributed by atoms with Crippen LogP contribution in [0.15, 0.2) is 36.4 Å². The molecule has 0 radical (unpaired) electrons. The topological polar surface area (TPSA) is 80.9 Å². The molecule has 216 valence electrons. The van der Waals surface area contributed by atoms with Crippen molar-refractivity contribution in [1.82, 2.24) is 0 Å². The molecule has 0 aliphatic heterocycles. The zero-order chi connectivity index (χ0) is 27.8. The van der Waals surface area contributed by atoms with Crippen LogP contribution in [0.4, 0.5) is 0 Å².